The molecule has 5 nitrogen and oxygen atoms in total. The Kier molecular flexibility index (Phi) is 5.52. The number of hydrogen-bond donors (Lipinski definition) is 2. The predicted octanol–water partition coefficient (Wildman–Crippen LogP) is 5.46. The summed E-state index contributed by atoms with van der Waals surface area (Å²) in [5, 5.41) is 12.1. The van der Waals surface area contributed by atoms with Crippen LogP contribution in [0.3, 0.4) is 0 Å². The van der Waals surface area contributed by atoms with Gasteiger partial charge >= 0.3 is 0 Å². The number of carbonyl (C=O) groups excluding carboxylic acids is 2. The maximum absolute atomic E-state index is 13.1. The molecular formula is C24H23BrN2O3. The minimum absolute atomic E-state index is 0.141. The van der Waals surface area contributed by atoms with Crippen molar-refractivity contribution in [1.29, 1.82) is 0 Å². The van der Waals surface area contributed by atoms with E-state index in [1.54, 1.807) is 11.0 Å². The number of benzene rings is 2. The lowest BCUT2D eigenvalue weighted by atomic mass is 9.94. The van der Waals surface area contributed by atoms with Crippen LogP contribution in [0.2, 0.25) is 0 Å². The van der Waals surface area contributed by atoms with Crippen LogP contribution in [0.4, 0.5) is 0 Å². The average Bonchev–Trinajstić information content (AvgIpc) is 3.27. The van der Waals surface area contributed by atoms with E-state index in [1.807, 2.05) is 56.4 Å². The Morgan fingerprint density at radius 1 is 1.20 bits per heavy atom. The minimum Gasteiger partial charge on any atom is -0.507 e. The number of ketones is 1. The molecule has 1 aliphatic rings. The van der Waals surface area contributed by atoms with Crippen molar-refractivity contribution >= 4 is 44.3 Å². The topological polar surface area (TPSA) is 73.4 Å². The molecule has 1 saturated heterocycles. The van der Waals surface area contributed by atoms with Crippen LogP contribution in [-0.4, -0.2) is 33.2 Å². The molecule has 3 aromatic rings. The van der Waals surface area contributed by atoms with E-state index in [2.05, 4.69) is 20.9 Å². The summed E-state index contributed by atoms with van der Waals surface area (Å²) in [6.45, 7) is 4.42. The van der Waals surface area contributed by atoms with E-state index in [0.29, 0.717) is 12.1 Å². The minimum atomic E-state index is -0.639. The zero-order valence-electron chi connectivity index (χ0n) is 16.9. The number of aromatic nitrogens is 1. The summed E-state index contributed by atoms with van der Waals surface area (Å²) in [7, 11) is 0. The second-order valence-corrected chi connectivity index (χ2v) is 8.45. The van der Waals surface area contributed by atoms with Crippen LogP contribution in [0.5, 0.6) is 0 Å². The van der Waals surface area contributed by atoms with Gasteiger partial charge in [0.2, 0.25) is 0 Å². The highest BCUT2D eigenvalue weighted by Gasteiger charge is 2.46. The molecule has 0 spiro atoms. The highest BCUT2D eigenvalue weighted by Crippen LogP contribution is 2.42. The first kappa shape index (κ1) is 20.4. The van der Waals surface area contributed by atoms with Gasteiger partial charge < -0.3 is 15.0 Å². The molecule has 1 unspecified atom stereocenters. The van der Waals surface area contributed by atoms with Gasteiger partial charge in [0.15, 0.2) is 0 Å². The molecule has 2 aromatic carbocycles. The number of fused-ring (bicyclic) bond motifs is 1. The van der Waals surface area contributed by atoms with Gasteiger partial charge in [-0.2, -0.15) is 0 Å². The number of para-hydroxylation sites is 1. The van der Waals surface area contributed by atoms with Crippen molar-refractivity contribution in [2.75, 3.05) is 6.54 Å². The summed E-state index contributed by atoms with van der Waals surface area (Å²) < 4.78 is 0.913. The van der Waals surface area contributed by atoms with E-state index >= 15 is 0 Å². The summed E-state index contributed by atoms with van der Waals surface area (Å²) >= 11 is 3.46. The standard InChI is InChI=1S/C24H23BrN2O3/c1-3-4-11-27-21(17-13-26-19-8-6-5-7-16(17)19)20(23(29)24(27)30)22(28)15-9-10-18(25)14(2)12-15/h5-10,12-13,21,26,28H,3-4,11H2,1-2H3/b22-20+. The fourth-order valence-electron chi connectivity index (χ4n) is 4.03. The lowest BCUT2D eigenvalue weighted by molar-refractivity contribution is -0.139. The number of aryl methyl sites for hydroxylation is 1. The number of aliphatic hydroxyl groups excluding tert-OH is 1. The van der Waals surface area contributed by atoms with Crippen molar-refractivity contribution < 1.29 is 14.7 Å². The Balaban J connectivity index is 1.93. The number of nitrogens with one attached hydrogen (secondary N) is 1. The molecule has 1 aliphatic heterocycles. The molecule has 0 saturated carbocycles. The molecule has 0 bridgehead atoms. The number of amides is 1. The first-order chi connectivity index (χ1) is 14.4. The van der Waals surface area contributed by atoms with Gasteiger partial charge in [-0.05, 0) is 37.1 Å². The van der Waals surface area contributed by atoms with E-state index in [1.165, 1.54) is 0 Å². The van der Waals surface area contributed by atoms with Crippen LogP contribution in [0.1, 0.15) is 42.5 Å². The van der Waals surface area contributed by atoms with Crippen LogP contribution in [-0.2, 0) is 9.59 Å². The molecule has 2 N–H and O–H groups in total. The number of aromatic amines is 1. The number of unbranched alkanes of at least 4 members (excludes halogenated alkanes) is 1. The summed E-state index contributed by atoms with van der Waals surface area (Å²) in [5.41, 5.74) is 3.34. The molecule has 1 fully saturated rings. The molecule has 1 atom stereocenters. The first-order valence-electron chi connectivity index (χ1n) is 10.0. The SMILES string of the molecule is CCCCN1C(=O)C(=O)/C(=C(/O)c2ccc(Br)c(C)c2)C1c1c[nH]c2ccccc12. The second-order valence-electron chi connectivity index (χ2n) is 7.60. The van der Waals surface area contributed by atoms with E-state index in [-0.39, 0.29) is 11.3 Å². The monoisotopic (exact) mass is 466 g/mol. The van der Waals surface area contributed by atoms with Gasteiger partial charge in [0.1, 0.15) is 5.76 Å². The number of carbonyl (C=O) groups is 2. The predicted molar refractivity (Wildman–Crippen MR) is 121 cm³/mol. The molecule has 1 aromatic heterocycles. The van der Waals surface area contributed by atoms with Crippen molar-refractivity contribution in [3.05, 3.63) is 75.4 Å². The number of H-pyrrole nitrogens is 1. The summed E-state index contributed by atoms with van der Waals surface area (Å²) in [5.74, 6) is -1.34. The fourth-order valence-corrected chi connectivity index (χ4v) is 4.28. The highest BCUT2D eigenvalue weighted by atomic mass is 79.9. The smallest absolute Gasteiger partial charge is 0.295 e. The maximum atomic E-state index is 13.1. The Bertz CT molecular complexity index is 1180. The van der Waals surface area contributed by atoms with Crippen LogP contribution < -0.4 is 0 Å². The molecule has 0 radical (unpaired) electrons. The molecule has 4 rings (SSSR count). The number of nitrogens with zero attached hydrogens (tertiary/aromatic N) is 1. The normalized spacial score (nSPS) is 18.5. The molecule has 30 heavy (non-hydrogen) atoms. The zero-order valence-corrected chi connectivity index (χ0v) is 18.5. The van der Waals surface area contributed by atoms with Crippen molar-refractivity contribution in [2.24, 2.45) is 0 Å². The Hall–Kier alpha value is -2.86. The number of likely N-dealkylation sites (tertiary alicyclic amines) is 1. The van der Waals surface area contributed by atoms with Gasteiger partial charge in [0, 0.05) is 39.2 Å². The van der Waals surface area contributed by atoms with Gasteiger partial charge in [0.25, 0.3) is 11.7 Å². The zero-order chi connectivity index (χ0) is 21.4. The van der Waals surface area contributed by atoms with E-state index < -0.39 is 17.7 Å². The lowest BCUT2D eigenvalue weighted by Crippen LogP contribution is -2.30. The van der Waals surface area contributed by atoms with Crippen LogP contribution in [0.15, 0.2) is 58.7 Å². The number of halogens is 1. The van der Waals surface area contributed by atoms with Crippen molar-refractivity contribution in [1.82, 2.24) is 9.88 Å². The largest absolute Gasteiger partial charge is 0.507 e. The van der Waals surface area contributed by atoms with Crippen molar-refractivity contribution in [3.8, 4) is 0 Å². The summed E-state index contributed by atoms with van der Waals surface area (Å²) in [6, 6.07) is 12.5. The highest BCUT2D eigenvalue weighted by molar-refractivity contribution is 9.10. The number of Topliss-reactive ketones (excluding diaryl/α,β-unsaturated/α-hetero) is 1. The third-order valence-corrected chi connectivity index (χ3v) is 6.53. The van der Waals surface area contributed by atoms with Crippen LogP contribution in [0, 0.1) is 6.92 Å². The van der Waals surface area contributed by atoms with Gasteiger partial charge in [0.05, 0.1) is 11.6 Å². The number of hydrogen-bond acceptors (Lipinski definition) is 3. The van der Waals surface area contributed by atoms with Crippen molar-refractivity contribution in [3.63, 3.8) is 0 Å². The molecular weight excluding hydrogens is 444 g/mol. The van der Waals surface area contributed by atoms with Gasteiger partial charge in [-0.1, -0.05) is 53.5 Å². The third kappa shape index (κ3) is 3.35. The molecule has 2 heterocycles. The van der Waals surface area contributed by atoms with Crippen LogP contribution in [0.25, 0.3) is 16.7 Å². The third-order valence-electron chi connectivity index (χ3n) is 5.64. The van der Waals surface area contributed by atoms with Gasteiger partial charge in [-0.25, -0.2) is 0 Å². The Labute approximate surface area is 183 Å². The van der Waals surface area contributed by atoms with E-state index in [9.17, 15) is 14.7 Å². The maximum Gasteiger partial charge on any atom is 0.295 e. The molecule has 154 valence electrons. The van der Waals surface area contributed by atoms with Crippen molar-refractivity contribution in [2.45, 2.75) is 32.7 Å². The summed E-state index contributed by atoms with van der Waals surface area (Å²) in [4.78, 5) is 30.8. The summed E-state index contributed by atoms with van der Waals surface area (Å²) in [6.07, 6.45) is 3.51. The molecule has 0 aliphatic carbocycles. The second kappa shape index (κ2) is 8.11. The van der Waals surface area contributed by atoms with E-state index in [4.69, 9.17) is 0 Å². The van der Waals surface area contributed by atoms with Gasteiger partial charge in [-0.15, -0.1) is 0 Å². The van der Waals surface area contributed by atoms with E-state index in [0.717, 1.165) is 39.3 Å². The molecule has 1 amide bonds. The average molecular weight is 467 g/mol. The fraction of sp³-hybridized carbons (Fsp3) is 0.250. The van der Waals surface area contributed by atoms with Gasteiger partial charge in [-0.3, -0.25) is 9.59 Å². The lowest BCUT2D eigenvalue weighted by Gasteiger charge is -2.24. The Morgan fingerprint density at radius 2 is 1.97 bits per heavy atom. The van der Waals surface area contributed by atoms with Crippen LogP contribution >= 0.6 is 15.9 Å². The Morgan fingerprint density at radius 3 is 2.70 bits per heavy atom. The molecule has 6 heteroatoms. The quantitative estimate of drug-likeness (QED) is 0.297. The first-order valence-corrected chi connectivity index (χ1v) is 10.8. The number of rotatable bonds is 5. The number of aliphatic hydroxyl groups is 1.